The number of anilines is 1. The first-order valence-electron chi connectivity index (χ1n) is 10.4. The normalized spacial score (nSPS) is 13.0. The minimum Gasteiger partial charge on any atom is -0.461 e. The van der Waals surface area contributed by atoms with E-state index in [1.165, 1.54) is 12.7 Å². The quantitative estimate of drug-likeness (QED) is 0.628. The van der Waals surface area contributed by atoms with Gasteiger partial charge < -0.3 is 19.4 Å². The Balaban J connectivity index is 1.37. The number of hydrogen-bond acceptors (Lipinski definition) is 4. The Morgan fingerprint density at radius 3 is 2.61 bits per heavy atom. The minimum absolute atomic E-state index is 0.0211. The highest BCUT2D eigenvalue weighted by Gasteiger charge is 2.24. The molecule has 0 saturated heterocycles. The SMILES string of the molecule is COCC(=O)Nc1ccc(-c2cc3c(o2)CCN(C(=O)CCc2ccccc2)C3)cc1. The molecule has 1 aromatic heterocycles. The van der Waals surface area contributed by atoms with E-state index < -0.39 is 0 Å². The fourth-order valence-corrected chi connectivity index (χ4v) is 3.79. The zero-order chi connectivity index (χ0) is 21.6. The smallest absolute Gasteiger partial charge is 0.250 e. The van der Waals surface area contributed by atoms with Crippen LogP contribution in [0.15, 0.2) is 65.1 Å². The average Bonchev–Trinajstić information content (AvgIpc) is 3.22. The van der Waals surface area contributed by atoms with Gasteiger partial charge in [0.05, 0.1) is 0 Å². The molecule has 31 heavy (non-hydrogen) atoms. The van der Waals surface area contributed by atoms with E-state index in [2.05, 4.69) is 17.4 Å². The van der Waals surface area contributed by atoms with Gasteiger partial charge in [-0.2, -0.15) is 0 Å². The van der Waals surface area contributed by atoms with Crippen molar-refractivity contribution >= 4 is 17.5 Å². The van der Waals surface area contributed by atoms with Gasteiger partial charge in [0.1, 0.15) is 18.1 Å². The molecule has 3 aromatic rings. The van der Waals surface area contributed by atoms with Gasteiger partial charge in [-0.05, 0) is 42.3 Å². The van der Waals surface area contributed by atoms with Gasteiger partial charge in [0.25, 0.3) is 0 Å². The number of amides is 2. The predicted octanol–water partition coefficient (Wildman–Crippen LogP) is 4.05. The molecule has 1 aliphatic rings. The maximum atomic E-state index is 12.7. The lowest BCUT2D eigenvalue weighted by Gasteiger charge is -2.26. The lowest BCUT2D eigenvalue weighted by Crippen LogP contribution is -2.35. The Bertz CT molecular complexity index is 1040. The van der Waals surface area contributed by atoms with Crippen molar-refractivity contribution in [2.24, 2.45) is 0 Å². The summed E-state index contributed by atoms with van der Waals surface area (Å²) in [4.78, 5) is 26.2. The molecule has 0 unspecified atom stereocenters. The van der Waals surface area contributed by atoms with Crippen LogP contribution in [0.1, 0.15) is 23.3 Å². The van der Waals surface area contributed by atoms with E-state index in [4.69, 9.17) is 9.15 Å². The number of methoxy groups -OCH3 is 1. The summed E-state index contributed by atoms with van der Waals surface area (Å²) in [5, 5.41) is 2.77. The van der Waals surface area contributed by atoms with Gasteiger partial charge in [-0.3, -0.25) is 9.59 Å². The van der Waals surface area contributed by atoms with E-state index in [0.717, 1.165) is 35.5 Å². The third-order valence-corrected chi connectivity index (χ3v) is 5.42. The number of ether oxygens (including phenoxy) is 1. The minimum atomic E-state index is -0.194. The van der Waals surface area contributed by atoms with Crippen molar-refractivity contribution in [2.45, 2.75) is 25.8 Å². The third-order valence-electron chi connectivity index (χ3n) is 5.42. The molecular weight excluding hydrogens is 392 g/mol. The summed E-state index contributed by atoms with van der Waals surface area (Å²) < 4.78 is 10.9. The molecule has 160 valence electrons. The Morgan fingerprint density at radius 1 is 1.10 bits per heavy atom. The molecule has 0 bridgehead atoms. The van der Waals surface area contributed by atoms with Crippen LogP contribution in [0.3, 0.4) is 0 Å². The van der Waals surface area contributed by atoms with E-state index in [9.17, 15) is 9.59 Å². The van der Waals surface area contributed by atoms with Crippen LogP contribution < -0.4 is 5.32 Å². The number of furan rings is 1. The first-order valence-corrected chi connectivity index (χ1v) is 10.4. The van der Waals surface area contributed by atoms with E-state index in [-0.39, 0.29) is 18.4 Å². The fraction of sp³-hybridized carbons (Fsp3) is 0.280. The number of nitrogens with zero attached hydrogens (tertiary/aromatic N) is 1. The summed E-state index contributed by atoms with van der Waals surface area (Å²) >= 11 is 0. The number of carbonyl (C=O) groups excluding carboxylic acids is 2. The summed E-state index contributed by atoms with van der Waals surface area (Å²) in [5.41, 5.74) is 3.88. The monoisotopic (exact) mass is 418 g/mol. The average molecular weight is 418 g/mol. The zero-order valence-corrected chi connectivity index (χ0v) is 17.6. The second-order valence-electron chi connectivity index (χ2n) is 7.67. The van der Waals surface area contributed by atoms with Crippen LogP contribution in [0.4, 0.5) is 5.69 Å². The number of aryl methyl sites for hydroxylation is 1. The van der Waals surface area contributed by atoms with Gasteiger partial charge in [0, 0.05) is 49.9 Å². The molecule has 1 N–H and O–H groups in total. The topological polar surface area (TPSA) is 71.8 Å². The van der Waals surface area contributed by atoms with E-state index in [1.807, 2.05) is 53.4 Å². The second-order valence-corrected chi connectivity index (χ2v) is 7.67. The lowest BCUT2D eigenvalue weighted by atomic mass is 10.1. The standard InChI is InChI=1S/C25H26N2O4/c1-30-17-24(28)26-21-10-8-19(9-11-21)23-15-20-16-27(14-13-22(20)31-23)25(29)12-7-18-5-3-2-4-6-18/h2-6,8-11,15H,7,12-14,16-17H2,1H3,(H,26,28). The van der Waals surface area contributed by atoms with Crippen LogP contribution in [0, 0.1) is 0 Å². The van der Waals surface area contributed by atoms with Crippen molar-refractivity contribution in [3.8, 4) is 11.3 Å². The maximum Gasteiger partial charge on any atom is 0.250 e. The highest BCUT2D eigenvalue weighted by atomic mass is 16.5. The van der Waals surface area contributed by atoms with Crippen molar-refractivity contribution in [1.29, 1.82) is 0 Å². The van der Waals surface area contributed by atoms with E-state index >= 15 is 0 Å². The van der Waals surface area contributed by atoms with Gasteiger partial charge in [-0.15, -0.1) is 0 Å². The summed E-state index contributed by atoms with van der Waals surface area (Å²) in [6.45, 7) is 1.28. The van der Waals surface area contributed by atoms with Crippen LogP contribution in [-0.2, 0) is 33.7 Å². The van der Waals surface area contributed by atoms with Crippen molar-refractivity contribution in [3.63, 3.8) is 0 Å². The van der Waals surface area contributed by atoms with Gasteiger partial charge in [-0.25, -0.2) is 0 Å². The number of rotatable bonds is 7. The van der Waals surface area contributed by atoms with E-state index in [0.29, 0.717) is 25.2 Å². The molecule has 0 fully saturated rings. The van der Waals surface area contributed by atoms with Crippen LogP contribution in [0.5, 0.6) is 0 Å². The van der Waals surface area contributed by atoms with Crippen molar-refractivity contribution < 1.29 is 18.7 Å². The molecule has 0 radical (unpaired) electrons. The number of carbonyl (C=O) groups is 2. The molecule has 2 heterocycles. The Hall–Kier alpha value is -3.38. The summed E-state index contributed by atoms with van der Waals surface area (Å²) in [7, 11) is 1.49. The number of benzene rings is 2. The fourth-order valence-electron chi connectivity index (χ4n) is 3.79. The Kier molecular flexibility index (Phi) is 6.48. The number of fused-ring (bicyclic) bond motifs is 1. The maximum absolute atomic E-state index is 12.7. The molecule has 6 nitrogen and oxygen atoms in total. The molecule has 1 aliphatic heterocycles. The Morgan fingerprint density at radius 2 is 1.87 bits per heavy atom. The molecule has 0 spiro atoms. The molecule has 4 rings (SSSR count). The van der Waals surface area contributed by atoms with Crippen molar-refractivity contribution in [2.75, 3.05) is 25.6 Å². The molecular formula is C25H26N2O4. The lowest BCUT2D eigenvalue weighted by molar-refractivity contribution is -0.132. The van der Waals surface area contributed by atoms with Crippen LogP contribution in [-0.4, -0.2) is 37.0 Å². The molecule has 2 aromatic carbocycles. The largest absolute Gasteiger partial charge is 0.461 e. The van der Waals surface area contributed by atoms with Gasteiger partial charge in [0.2, 0.25) is 11.8 Å². The Labute approximate surface area is 181 Å². The number of nitrogens with one attached hydrogen (secondary N) is 1. The first-order chi connectivity index (χ1) is 15.1. The summed E-state index contributed by atoms with van der Waals surface area (Å²) in [5.74, 6) is 1.70. The van der Waals surface area contributed by atoms with Crippen LogP contribution in [0.2, 0.25) is 0 Å². The van der Waals surface area contributed by atoms with Gasteiger partial charge in [-0.1, -0.05) is 30.3 Å². The van der Waals surface area contributed by atoms with Gasteiger partial charge >= 0.3 is 0 Å². The molecule has 0 saturated carbocycles. The molecule has 0 aliphatic carbocycles. The zero-order valence-electron chi connectivity index (χ0n) is 17.6. The van der Waals surface area contributed by atoms with Crippen LogP contribution >= 0.6 is 0 Å². The molecule has 0 atom stereocenters. The highest BCUT2D eigenvalue weighted by molar-refractivity contribution is 5.91. The highest BCUT2D eigenvalue weighted by Crippen LogP contribution is 2.30. The summed E-state index contributed by atoms with van der Waals surface area (Å²) in [6.07, 6.45) is 1.99. The predicted molar refractivity (Wildman–Crippen MR) is 119 cm³/mol. The van der Waals surface area contributed by atoms with Crippen molar-refractivity contribution in [3.05, 3.63) is 77.6 Å². The van der Waals surface area contributed by atoms with Crippen LogP contribution in [0.25, 0.3) is 11.3 Å². The van der Waals surface area contributed by atoms with E-state index in [1.54, 1.807) is 0 Å². The molecule has 6 heteroatoms. The summed E-state index contributed by atoms with van der Waals surface area (Å²) in [6, 6.07) is 19.6. The first kappa shape index (κ1) is 20.9. The van der Waals surface area contributed by atoms with Crippen molar-refractivity contribution in [1.82, 2.24) is 4.90 Å². The molecule has 2 amide bonds. The van der Waals surface area contributed by atoms with Gasteiger partial charge in [0.15, 0.2) is 0 Å². The number of hydrogen-bond donors (Lipinski definition) is 1. The second kappa shape index (κ2) is 9.62. The third kappa shape index (κ3) is 5.22.